The summed E-state index contributed by atoms with van der Waals surface area (Å²) in [4.78, 5) is 24.4. The van der Waals surface area contributed by atoms with Gasteiger partial charge in [-0.05, 0) is 12.8 Å². The van der Waals surface area contributed by atoms with Crippen LogP contribution in [0.2, 0.25) is 0 Å². The maximum atomic E-state index is 11.7. The second-order valence-electron chi connectivity index (χ2n) is 5.13. The Balaban J connectivity index is 2.36. The molecule has 1 aliphatic carbocycles. The number of amides is 1. The topological polar surface area (TPSA) is 72.7 Å². The average molecular weight is 254 g/mol. The molecule has 6 nitrogen and oxygen atoms in total. The zero-order valence-electron chi connectivity index (χ0n) is 10.7. The van der Waals surface area contributed by atoms with Crippen LogP contribution in [-0.4, -0.2) is 48.1 Å². The van der Waals surface area contributed by atoms with E-state index < -0.39 is 5.54 Å². The van der Waals surface area contributed by atoms with E-state index in [1.807, 2.05) is 0 Å². The van der Waals surface area contributed by atoms with E-state index in [0.29, 0.717) is 18.4 Å². The summed E-state index contributed by atoms with van der Waals surface area (Å²) in [5.74, 6) is -0.221. The lowest BCUT2D eigenvalue weighted by molar-refractivity contribution is -0.568. The van der Waals surface area contributed by atoms with E-state index in [1.165, 1.54) is 11.0 Å². The Kier molecular flexibility index (Phi) is 3.38. The number of likely N-dealkylation sites (N-methyl/N-ethyl adjacent to an activating group) is 1. The first-order chi connectivity index (χ1) is 8.48. The van der Waals surface area contributed by atoms with Gasteiger partial charge in [-0.15, -0.1) is 0 Å². The molecule has 0 spiro atoms. The quantitative estimate of drug-likeness (QED) is 0.418. The molecule has 0 N–H and O–H groups in total. The highest BCUT2D eigenvalue weighted by atomic mass is 16.6. The van der Waals surface area contributed by atoms with Gasteiger partial charge in [0.2, 0.25) is 5.91 Å². The van der Waals surface area contributed by atoms with E-state index in [4.69, 9.17) is 4.74 Å². The molecule has 18 heavy (non-hydrogen) atoms. The third-order valence-electron chi connectivity index (χ3n) is 3.87. The van der Waals surface area contributed by atoms with Gasteiger partial charge in [0, 0.05) is 37.1 Å². The third-order valence-corrected chi connectivity index (χ3v) is 3.87. The minimum Gasteiger partial charge on any atom is -0.366 e. The fourth-order valence-corrected chi connectivity index (χ4v) is 2.80. The van der Waals surface area contributed by atoms with Crippen LogP contribution in [0.4, 0.5) is 0 Å². The molecule has 0 radical (unpaired) electrons. The SMILES string of the molecule is CN(C)C(=O)/C=C1\CO[C@H]2CCCC[C@@]12[N+](=O)[O-]. The van der Waals surface area contributed by atoms with Crippen LogP contribution in [0.3, 0.4) is 0 Å². The average Bonchev–Trinajstić information content (AvgIpc) is 2.69. The van der Waals surface area contributed by atoms with Crippen LogP contribution in [0.15, 0.2) is 11.6 Å². The first-order valence-corrected chi connectivity index (χ1v) is 6.17. The van der Waals surface area contributed by atoms with Crippen molar-refractivity contribution in [3.05, 3.63) is 21.8 Å². The van der Waals surface area contributed by atoms with E-state index in [-0.39, 0.29) is 23.5 Å². The summed E-state index contributed by atoms with van der Waals surface area (Å²) < 4.78 is 5.53. The number of rotatable bonds is 2. The fourth-order valence-electron chi connectivity index (χ4n) is 2.80. The van der Waals surface area contributed by atoms with Crippen LogP contribution < -0.4 is 0 Å². The first-order valence-electron chi connectivity index (χ1n) is 6.17. The summed E-state index contributed by atoms with van der Waals surface area (Å²) in [5, 5.41) is 11.5. The molecule has 2 fully saturated rings. The molecule has 1 amide bonds. The van der Waals surface area contributed by atoms with E-state index in [1.54, 1.807) is 14.1 Å². The molecule has 6 heteroatoms. The Morgan fingerprint density at radius 1 is 1.56 bits per heavy atom. The van der Waals surface area contributed by atoms with Crippen LogP contribution in [0.5, 0.6) is 0 Å². The molecule has 1 heterocycles. The number of nitro groups is 1. The number of ether oxygens (including phenoxy) is 1. The van der Waals surface area contributed by atoms with Crippen molar-refractivity contribution in [2.45, 2.75) is 37.3 Å². The highest BCUT2D eigenvalue weighted by Gasteiger charge is 2.59. The molecule has 0 bridgehead atoms. The lowest BCUT2D eigenvalue weighted by Crippen LogP contribution is -2.49. The van der Waals surface area contributed by atoms with Crippen LogP contribution in [0.25, 0.3) is 0 Å². The van der Waals surface area contributed by atoms with Crippen molar-refractivity contribution in [1.82, 2.24) is 4.90 Å². The molecule has 2 rings (SSSR count). The molecular weight excluding hydrogens is 236 g/mol. The predicted molar refractivity (Wildman–Crippen MR) is 64.7 cm³/mol. The summed E-state index contributed by atoms with van der Waals surface area (Å²) >= 11 is 0. The lowest BCUT2D eigenvalue weighted by atomic mass is 9.76. The molecular formula is C12H18N2O4. The molecule has 2 aliphatic rings. The summed E-state index contributed by atoms with van der Waals surface area (Å²) in [6.45, 7) is 0.200. The van der Waals surface area contributed by atoms with Gasteiger partial charge in [-0.1, -0.05) is 6.42 Å². The first kappa shape index (κ1) is 13.0. The highest BCUT2D eigenvalue weighted by Crippen LogP contribution is 2.43. The monoisotopic (exact) mass is 254 g/mol. The number of carbonyl (C=O) groups is 1. The molecule has 0 aromatic carbocycles. The van der Waals surface area contributed by atoms with Gasteiger partial charge in [0.25, 0.3) is 5.54 Å². The standard InChI is InChI=1S/C12H18N2O4/c1-13(2)11(15)7-9-8-18-10-5-3-4-6-12(9,10)14(16)17/h7,10H,3-6,8H2,1-2H3/b9-7+/t10-,12+/m0/s1. The largest absolute Gasteiger partial charge is 0.366 e. The van der Waals surface area contributed by atoms with Crippen molar-refractivity contribution >= 4 is 5.91 Å². The van der Waals surface area contributed by atoms with Gasteiger partial charge in [0.1, 0.15) is 6.10 Å². The zero-order chi connectivity index (χ0) is 13.3. The van der Waals surface area contributed by atoms with Gasteiger partial charge in [-0.3, -0.25) is 14.9 Å². The van der Waals surface area contributed by atoms with E-state index in [9.17, 15) is 14.9 Å². The van der Waals surface area contributed by atoms with Gasteiger partial charge < -0.3 is 9.64 Å². The smallest absolute Gasteiger partial charge is 0.271 e. The summed E-state index contributed by atoms with van der Waals surface area (Å²) in [7, 11) is 3.26. The van der Waals surface area contributed by atoms with Gasteiger partial charge in [-0.25, -0.2) is 0 Å². The third kappa shape index (κ3) is 1.90. The van der Waals surface area contributed by atoms with E-state index in [0.717, 1.165) is 12.8 Å². The molecule has 100 valence electrons. The van der Waals surface area contributed by atoms with Gasteiger partial charge in [0.05, 0.1) is 6.61 Å². The number of nitrogens with zero attached hydrogens (tertiary/aromatic N) is 2. The van der Waals surface area contributed by atoms with Crippen molar-refractivity contribution in [2.24, 2.45) is 0 Å². The Labute approximate surface area is 106 Å². The normalized spacial score (nSPS) is 33.2. The Morgan fingerprint density at radius 3 is 2.89 bits per heavy atom. The van der Waals surface area contributed by atoms with E-state index in [2.05, 4.69) is 0 Å². The number of hydrogen-bond donors (Lipinski definition) is 0. The maximum Gasteiger partial charge on any atom is 0.271 e. The minimum absolute atomic E-state index is 0.200. The highest BCUT2D eigenvalue weighted by molar-refractivity contribution is 5.88. The molecule has 2 atom stereocenters. The van der Waals surface area contributed by atoms with Crippen molar-refractivity contribution in [3.8, 4) is 0 Å². The van der Waals surface area contributed by atoms with Gasteiger partial charge >= 0.3 is 0 Å². The second-order valence-corrected chi connectivity index (χ2v) is 5.13. The molecule has 0 aromatic rings. The van der Waals surface area contributed by atoms with Crippen LogP contribution in [0, 0.1) is 10.1 Å². The molecule has 0 aromatic heterocycles. The number of carbonyl (C=O) groups excluding carboxylic acids is 1. The summed E-state index contributed by atoms with van der Waals surface area (Å²) in [5.41, 5.74) is -0.639. The zero-order valence-corrected chi connectivity index (χ0v) is 10.7. The summed E-state index contributed by atoms with van der Waals surface area (Å²) in [6.07, 6.45) is 3.95. The van der Waals surface area contributed by atoms with Crippen molar-refractivity contribution in [3.63, 3.8) is 0 Å². The van der Waals surface area contributed by atoms with Crippen LogP contribution in [-0.2, 0) is 9.53 Å². The van der Waals surface area contributed by atoms with Crippen molar-refractivity contribution in [2.75, 3.05) is 20.7 Å². The maximum absolute atomic E-state index is 11.7. The van der Waals surface area contributed by atoms with Crippen LogP contribution >= 0.6 is 0 Å². The van der Waals surface area contributed by atoms with Gasteiger partial charge in [-0.2, -0.15) is 0 Å². The fraction of sp³-hybridized carbons (Fsp3) is 0.750. The Morgan fingerprint density at radius 2 is 2.28 bits per heavy atom. The number of hydrogen-bond acceptors (Lipinski definition) is 4. The molecule has 1 saturated carbocycles. The van der Waals surface area contributed by atoms with Crippen LogP contribution in [0.1, 0.15) is 25.7 Å². The van der Waals surface area contributed by atoms with Gasteiger partial charge in [0.15, 0.2) is 0 Å². The lowest BCUT2D eigenvalue weighted by Gasteiger charge is -2.30. The predicted octanol–water partition coefficient (Wildman–Crippen LogP) is 0.989. The number of fused-ring (bicyclic) bond motifs is 1. The Bertz CT molecular complexity index is 405. The summed E-state index contributed by atoms with van der Waals surface area (Å²) in [6, 6.07) is 0. The molecule has 1 aliphatic heterocycles. The molecule has 1 saturated heterocycles. The Hall–Kier alpha value is -1.43. The van der Waals surface area contributed by atoms with E-state index >= 15 is 0 Å². The van der Waals surface area contributed by atoms with Crippen molar-refractivity contribution in [1.29, 1.82) is 0 Å². The second kappa shape index (κ2) is 4.68. The molecule has 0 unspecified atom stereocenters. The van der Waals surface area contributed by atoms with Crippen molar-refractivity contribution < 1.29 is 14.5 Å². The minimum atomic E-state index is -1.16.